The summed E-state index contributed by atoms with van der Waals surface area (Å²) in [6.45, 7) is 7.36. The molecular formula is C24H26N2O5. The number of amides is 1. The van der Waals surface area contributed by atoms with Gasteiger partial charge < -0.3 is 19.4 Å². The van der Waals surface area contributed by atoms with Crippen LogP contribution in [0.4, 0.5) is 5.69 Å². The summed E-state index contributed by atoms with van der Waals surface area (Å²) in [5.41, 5.74) is 2.46. The molecule has 0 saturated heterocycles. The number of benzene rings is 2. The van der Waals surface area contributed by atoms with E-state index < -0.39 is 12.1 Å². The summed E-state index contributed by atoms with van der Waals surface area (Å²) in [6.07, 6.45) is 0.741. The van der Waals surface area contributed by atoms with Crippen molar-refractivity contribution in [2.45, 2.75) is 40.3 Å². The van der Waals surface area contributed by atoms with Crippen molar-refractivity contribution in [2.75, 3.05) is 11.9 Å². The van der Waals surface area contributed by atoms with Crippen LogP contribution in [0.5, 0.6) is 5.75 Å². The number of ether oxygens (including phenoxy) is 2. The zero-order valence-electron chi connectivity index (χ0n) is 18.1. The van der Waals surface area contributed by atoms with Gasteiger partial charge in [0.25, 0.3) is 5.56 Å². The summed E-state index contributed by atoms with van der Waals surface area (Å²) in [6, 6.07) is 12.5. The highest BCUT2D eigenvalue weighted by atomic mass is 16.6. The molecule has 3 aromatic rings. The third kappa shape index (κ3) is 5.12. The molecule has 7 heteroatoms. The maximum Gasteiger partial charge on any atom is 0.347 e. The van der Waals surface area contributed by atoms with Gasteiger partial charge in [0.2, 0.25) is 5.91 Å². The Morgan fingerprint density at radius 3 is 2.58 bits per heavy atom. The minimum absolute atomic E-state index is 0.119. The van der Waals surface area contributed by atoms with Crippen molar-refractivity contribution in [1.29, 1.82) is 0 Å². The van der Waals surface area contributed by atoms with Crippen LogP contribution < -0.4 is 15.6 Å². The molecule has 0 aliphatic carbocycles. The van der Waals surface area contributed by atoms with Crippen LogP contribution >= 0.6 is 0 Å². The third-order valence-corrected chi connectivity index (χ3v) is 4.87. The van der Waals surface area contributed by atoms with E-state index in [4.69, 9.17) is 9.47 Å². The highest BCUT2D eigenvalue weighted by Gasteiger charge is 2.18. The van der Waals surface area contributed by atoms with E-state index >= 15 is 0 Å². The lowest BCUT2D eigenvalue weighted by atomic mass is 10.1. The predicted octanol–water partition coefficient (Wildman–Crippen LogP) is 3.59. The Hall–Kier alpha value is -3.61. The zero-order valence-corrected chi connectivity index (χ0v) is 18.1. The topological polar surface area (TPSA) is 86.6 Å². The Labute approximate surface area is 180 Å². The van der Waals surface area contributed by atoms with E-state index in [-0.39, 0.29) is 24.6 Å². The normalized spacial score (nSPS) is 11.7. The SMILES string of the molecule is CCOC(=O)[C@H](C)Oc1cccc2c(=O)n(CC(=O)Nc3ccc(C)cc3C)ccc12. The van der Waals surface area contributed by atoms with Crippen molar-refractivity contribution in [1.82, 2.24) is 4.57 Å². The number of pyridine rings is 1. The van der Waals surface area contributed by atoms with Crippen LogP contribution in [0.25, 0.3) is 10.8 Å². The van der Waals surface area contributed by atoms with Crippen molar-refractivity contribution in [3.63, 3.8) is 0 Å². The van der Waals surface area contributed by atoms with Gasteiger partial charge in [0.15, 0.2) is 6.10 Å². The predicted molar refractivity (Wildman–Crippen MR) is 119 cm³/mol. The molecule has 1 heterocycles. The minimum Gasteiger partial charge on any atom is -0.478 e. The van der Waals surface area contributed by atoms with Gasteiger partial charge in [-0.25, -0.2) is 4.79 Å². The highest BCUT2D eigenvalue weighted by Crippen LogP contribution is 2.24. The quantitative estimate of drug-likeness (QED) is 0.588. The molecule has 1 N–H and O–H groups in total. The van der Waals surface area contributed by atoms with Crippen LogP contribution in [0.1, 0.15) is 25.0 Å². The number of esters is 1. The molecule has 162 valence electrons. The number of fused-ring (bicyclic) bond motifs is 1. The van der Waals surface area contributed by atoms with Gasteiger partial charge in [-0.3, -0.25) is 9.59 Å². The second kappa shape index (κ2) is 9.47. The molecule has 0 radical (unpaired) electrons. The lowest BCUT2D eigenvalue weighted by Gasteiger charge is -2.15. The summed E-state index contributed by atoms with van der Waals surface area (Å²) < 4.78 is 12.0. The van der Waals surface area contributed by atoms with Gasteiger partial charge in [-0.2, -0.15) is 0 Å². The number of carbonyl (C=O) groups excluding carboxylic acids is 2. The first kappa shape index (κ1) is 22.1. The third-order valence-electron chi connectivity index (χ3n) is 4.87. The maximum absolute atomic E-state index is 12.9. The Morgan fingerprint density at radius 1 is 1.10 bits per heavy atom. The van der Waals surface area contributed by atoms with Crippen molar-refractivity contribution < 1.29 is 19.1 Å². The number of nitrogens with zero attached hydrogens (tertiary/aromatic N) is 1. The lowest BCUT2D eigenvalue weighted by molar-refractivity contribution is -0.150. The fourth-order valence-electron chi connectivity index (χ4n) is 3.31. The van der Waals surface area contributed by atoms with E-state index in [9.17, 15) is 14.4 Å². The first-order chi connectivity index (χ1) is 14.8. The van der Waals surface area contributed by atoms with Crippen LogP contribution in [0.2, 0.25) is 0 Å². The molecule has 2 aromatic carbocycles. The average molecular weight is 422 g/mol. The number of hydrogen-bond acceptors (Lipinski definition) is 5. The van der Waals surface area contributed by atoms with E-state index in [1.54, 1.807) is 44.3 Å². The molecule has 0 aliphatic heterocycles. The molecule has 31 heavy (non-hydrogen) atoms. The second-order valence-electron chi connectivity index (χ2n) is 7.34. The standard InChI is InChI=1S/C24H26N2O5/c1-5-30-24(29)17(4)31-21-8-6-7-19-18(21)11-12-26(23(19)28)14-22(27)25-20-10-9-15(2)13-16(20)3/h6-13,17H,5,14H2,1-4H3,(H,25,27)/t17-/m0/s1. The molecule has 0 spiro atoms. The van der Waals surface area contributed by atoms with Gasteiger partial charge in [0.1, 0.15) is 12.3 Å². The number of aromatic nitrogens is 1. The minimum atomic E-state index is -0.809. The van der Waals surface area contributed by atoms with E-state index in [0.717, 1.165) is 11.1 Å². The summed E-state index contributed by atoms with van der Waals surface area (Å²) in [5, 5.41) is 3.81. The van der Waals surface area contributed by atoms with E-state index in [1.165, 1.54) is 4.57 Å². The Kier molecular flexibility index (Phi) is 6.74. The Morgan fingerprint density at radius 2 is 1.87 bits per heavy atom. The summed E-state index contributed by atoms with van der Waals surface area (Å²) in [7, 11) is 0. The van der Waals surface area contributed by atoms with E-state index in [1.807, 2.05) is 32.0 Å². The number of nitrogens with one attached hydrogen (secondary N) is 1. The van der Waals surface area contributed by atoms with Gasteiger partial charge in [-0.1, -0.05) is 23.8 Å². The first-order valence-electron chi connectivity index (χ1n) is 10.1. The number of carbonyl (C=O) groups is 2. The van der Waals surface area contributed by atoms with Crippen molar-refractivity contribution >= 4 is 28.3 Å². The Bertz CT molecular complexity index is 1180. The van der Waals surface area contributed by atoms with Crippen LogP contribution in [-0.2, 0) is 20.9 Å². The van der Waals surface area contributed by atoms with Gasteiger partial charge in [0.05, 0.1) is 12.0 Å². The van der Waals surface area contributed by atoms with E-state index in [2.05, 4.69) is 5.32 Å². The molecule has 0 unspecified atom stereocenters. The number of rotatable bonds is 7. The number of anilines is 1. The van der Waals surface area contributed by atoms with Crippen LogP contribution in [-0.4, -0.2) is 29.2 Å². The lowest BCUT2D eigenvalue weighted by Crippen LogP contribution is -2.28. The summed E-state index contributed by atoms with van der Waals surface area (Å²) in [5.74, 6) is -0.366. The maximum atomic E-state index is 12.9. The molecule has 0 fully saturated rings. The fraction of sp³-hybridized carbons (Fsp3) is 0.292. The zero-order chi connectivity index (χ0) is 22.5. The second-order valence-corrected chi connectivity index (χ2v) is 7.34. The van der Waals surface area contributed by atoms with Crippen LogP contribution in [0.15, 0.2) is 53.5 Å². The highest BCUT2D eigenvalue weighted by molar-refractivity contribution is 5.92. The van der Waals surface area contributed by atoms with Gasteiger partial charge in [0, 0.05) is 17.3 Å². The molecule has 0 bridgehead atoms. The average Bonchev–Trinajstić information content (AvgIpc) is 2.72. The molecule has 1 atom stereocenters. The van der Waals surface area contributed by atoms with Crippen molar-refractivity contribution in [3.05, 3.63) is 70.1 Å². The largest absolute Gasteiger partial charge is 0.478 e. The summed E-state index contributed by atoms with van der Waals surface area (Å²) in [4.78, 5) is 37.3. The fourth-order valence-corrected chi connectivity index (χ4v) is 3.31. The van der Waals surface area contributed by atoms with Gasteiger partial charge in [-0.05, 0) is 57.5 Å². The molecule has 1 amide bonds. The molecule has 0 saturated carbocycles. The molecule has 1 aromatic heterocycles. The molecular weight excluding hydrogens is 396 g/mol. The first-order valence-corrected chi connectivity index (χ1v) is 10.1. The number of aryl methyl sites for hydroxylation is 2. The Balaban J connectivity index is 1.82. The van der Waals surface area contributed by atoms with Gasteiger partial charge >= 0.3 is 5.97 Å². The smallest absolute Gasteiger partial charge is 0.347 e. The van der Waals surface area contributed by atoms with Crippen molar-refractivity contribution in [3.8, 4) is 5.75 Å². The number of hydrogen-bond donors (Lipinski definition) is 1. The van der Waals surface area contributed by atoms with Crippen molar-refractivity contribution in [2.24, 2.45) is 0 Å². The molecule has 7 nitrogen and oxygen atoms in total. The monoisotopic (exact) mass is 422 g/mol. The summed E-state index contributed by atoms with van der Waals surface area (Å²) >= 11 is 0. The van der Waals surface area contributed by atoms with Crippen LogP contribution in [0.3, 0.4) is 0 Å². The van der Waals surface area contributed by atoms with E-state index in [0.29, 0.717) is 22.2 Å². The molecule has 3 rings (SSSR count). The van der Waals surface area contributed by atoms with Gasteiger partial charge in [-0.15, -0.1) is 0 Å². The van der Waals surface area contributed by atoms with Crippen LogP contribution in [0, 0.1) is 13.8 Å². The molecule has 0 aliphatic rings.